The maximum atomic E-state index is 13.5. The van der Waals surface area contributed by atoms with Crippen LogP contribution in [0.2, 0.25) is 5.02 Å². The van der Waals surface area contributed by atoms with Gasteiger partial charge in [-0.05, 0) is 35.9 Å². The summed E-state index contributed by atoms with van der Waals surface area (Å²) in [5, 5.41) is 8.60. The standard InChI is InChI=1S/C14H8ClF2NO/c15-11-5-10(1-3-12(11)16)8-19-14-4-2-9(7-18)6-13(14)17/h1-6H,8H2. The molecule has 0 aliphatic heterocycles. The molecule has 2 aromatic carbocycles. The Kier molecular flexibility index (Phi) is 3.98. The largest absolute Gasteiger partial charge is 0.486 e. The van der Waals surface area contributed by atoms with Crippen LogP contribution in [0.1, 0.15) is 11.1 Å². The fourth-order valence-electron chi connectivity index (χ4n) is 1.48. The fraction of sp³-hybridized carbons (Fsp3) is 0.0714. The van der Waals surface area contributed by atoms with Crippen molar-refractivity contribution >= 4 is 11.6 Å². The summed E-state index contributed by atoms with van der Waals surface area (Å²) in [6.45, 7) is 0.0584. The van der Waals surface area contributed by atoms with Gasteiger partial charge in [-0.25, -0.2) is 8.78 Å². The van der Waals surface area contributed by atoms with Gasteiger partial charge in [-0.3, -0.25) is 0 Å². The quantitative estimate of drug-likeness (QED) is 0.848. The van der Waals surface area contributed by atoms with E-state index < -0.39 is 11.6 Å². The van der Waals surface area contributed by atoms with E-state index in [2.05, 4.69) is 0 Å². The van der Waals surface area contributed by atoms with Gasteiger partial charge in [-0.15, -0.1) is 0 Å². The van der Waals surface area contributed by atoms with Gasteiger partial charge in [-0.2, -0.15) is 5.26 Å². The zero-order chi connectivity index (χ0) is 13.8. The lowest BCUT2D eigenvalue weighted by Gasteiger charge is -2.08. The van der Waals surface area contributed by atoms with E-state index >= 15 is 0 Å². The highest BCUT2D eigenvalue weighted by atomic mass is 35.5. The molecule has 0 fully saturated rings. The highest BCUT2D eigenvalue weighted by molar-refractivity contribution is 6.30. The van der Waals surface area contributed by atoms with Crippen LogP contribution >= 0.6 is 11.6 Å². The van der Waals surface area contributed by atoms with E-state index in [0.29, 0.717) is 5.56 Å². The minimum absolute atomic E-state index is 0.0126. The number of hydrogen-bond acceptors (Lipinski definition) is 2. The fourth-order valence-corrected chi connectivity index (χ4v) is 1.68. The van der Waals surface area contributed by atoms with Crippen LogP contribution in [0, 0.1) is 23.0 Å². The Morgan fingerprint density at radius 2 is 1.89 bits per heavy atom. The van der Waals surface area contributed by atoms with Crippen LogP contribution in [0.5, 0.6) is 5.75 Å². The predicted molar refractivity (Wildman–Crippen MR) is 66.9 cm³/mol. The third-order valence-electron chi connectivity index (χ3n) is 2.44. The molecule has 0 N–H and O–H groups in total. The SMILES string of the molecule is N#Cc1ccc(OCc2ccc(F)c(Cl)c2)c(F)c1. The summed E-state index contributed by atoms with van der Waals surface area (Å²) in [5.41, 5.74) is 0.838. The second-order valence-corrected chi connectivity index (χ2v) is 4.20. The Balaban J connectivity index is 2.10. The van der Waals surface area contributed by atoms with Crippen molar-refractivity contribution < 1.29 is 13.5 Å². The van der Waals surface area contributed by atoms with Crippen molar-refractivity contribution in [2.45, 2.75) is 6.61 Å². The minimum Gasteiger partial charge on any atom is -0.486 e. The molecule has 0 aromatic heterocycles. The Hall–Kier alpha value is -2.12. The first-order valence-corrected chi connectivity index (χ1v) is 5.74. The molecule has 2 aromatic rings. The first-order valence-electron chi connectivity index (χ1n) is 5.36. The van der Waals surface area contributed by atoms with Crippen LogP contribution in [0.15, 0.2) is 36.4 Å². The molecule has 0 aliphatic rings. The van der Waals surface area contributed by atoms with Crippen molar-refractivity contribution in [3.63, 3.8) is 0 Å². The molecule has 0 spiro atoms. The molecule has 0 heterocycles. The monoisotopic (exact) mass is 279 g/mol. The third kappa shape index (κ3) is 3.21. The van der Waals surface area contributed by atoms with E-state index in [1.807, 2.05) is 6.07 Å². The van der Waals surface area contributed by atoms with Gasteiger partial charge in [0.2, 0.25) is 0 Å². The van der Waals surface area contributed by atoms with Gasteiger partial charge in [0.25, 0.3) is 0 Å². The molecule has 2 nitrogen and oxygen atoms in total. The Morgan fingerprint density at radius 1 is 1.11 bits per heavy atom. The molecule has 2 rings (SSSR count). The lowest BCUT2D eigenvalue weighted by atomic mass is 10.2. The molecule has 0 atom stereocenters. The summed E-state index contributed by atoms with van der Waals surface area (Å²) in [5.74, 6) is -1.11. The lowest BCUT2D eigenvalue weighted by molar-refractivity contribution is 0.290. The van der Waals surface area contributed by atoms with E-state index in [9.17, 15) is 8.78 Å². The summed E-state index contributed by atoms with van der Waals surface area (Å²) < 4.78 is 31.7. The predicted octanol–water partition coefficient (Wildman–Crippen LogP) is 4.07. The highest BCUT2D eigenvalue weighted by Crippen LogP contribution is 2.21. The Bertz CT molecular complexity index is 652. The minimum atomic E-state index is -0.618. The second-order valence-electron chi connectivity index (χ2n) is 3.79. The molecular weight excluding hydrogens is 272 g/mol. The van der Waals surface area contributed by atoms with Crippen LogP contribution in [-0.4, -0.2) is 0 Å². The van der Waals surface area contributed by atoms with E-state index in [1.54, 1.807) is 0 Å². The van der Waals surface area contributed by atoms with Crippen molar-refractivity contribution in [3.05, 3.63) is 64.2 Å². The average Bonchev–Trinajstić information content (AvgIpc) is 2.41. The van der Waals surface area contributed by atoms with Crippen molar-refractivity contribution in [1.29, 1.82) is 5.26 Å². The van der Waals surface area contributed by atoms with E-state index in [4.69, 9.17) is 21.6 Å². The Morgan fingerprint density at radius 3 is 2.53 bits per heavy atom. The van der Waals surface area contributed by atoms with Crippen molar-refractivity contribution in [3.8, 4) is 11.8 Å². The molecular formula is C14H8ClF2NO. The number of halogens is 3. The van der Waals surface area contributed by atoms with Gasteiger partial charge >= 0.3 is 0 Å². The Labute approximate surface area is 113 Å². The van der Waals surface area contributed by atoms with E-state index in [0.717, 1.165) is 6.07 Å². The lowest BCUT2D eigenvalue weighted by Crippen LogP contribution is -1.98. The molecule has 0 unspecified atom stereocenters. The number of hydrogen-bond donors (Lipinski definition) is 0. The van der Waals surface area contributed by atoms with Crippen LogP contribution in [0.25, 0.3) is 0 Å². The molecule has 0 radical (unpaired) electrons. The van der Waals surface area contributed by atoms with Gasteiger partial charge < -0.3 is 4.74 Å². The van der Waals surface area contributed by atoms with Gasteiger partial charge in [0, 0.05) is 0 Å². The maximum absolute atomic E-state index is 13.5. The van der Waals surface area contributed by atoms with Crippen LogP contribution in [0.4, 0.5) is 8.78 Å². The number of nitrogens with zero attached hydrogens (tertiary/aromatic N) is 1. The summed E-state index contributed by atoms with van der Waals surface area (Å²) in [6, 6.07) is 9.88. The average molecular weight is 280 g/mol. The molecule has 5 heteroatoms. The van der Waals surface area contributed by atoms with Gasteiger partial charge in [0.05, 0.1) is 16.7 Å². The molecule has 0 amide bonds. The number of ether oxygens (including phenoxy) is 1. The first-order chi connectivity index (χ1) is 9.10. The summed E-state index contributed by atoms with van der Waals surface area (Å²) in [6.07, 6.45) is 0. The van der Waals surface area contributed by atoms with Crippen LogP contribution in [-0.2, 0) is 6.61 Å². The number of rotatable bonds is 3. The molecule has 96 valence electrons. The zero-order valence-electron chi connectivity index (χ0n) is 9.66. The molecule has 0 aliphatic carbocycles. The van der Waals surface area contributed by atoms with Gasteiger partial charge in [-0.1, -0.05) is 17.7 Å². The van der Waals surface area contributed by atoms with Gasteiger partial charge in [0.1, 0.15) is 12.4 Å². The zero-order valence-corrected chi connectivity index (χ0v) is 10.4. The van der Waals surface area contributed by atoms with E-state index in [-0.39, 0.29) is 22.9 Å². The molecule has 19 heavy (non-hydrogen) atoms. The summed E-state index contributed by atoms with van der Waals surface area (Å²) >= 11 is 5.63. The second kappa shape index (κ2) is 5.68. The van der Waals surface area contributed by atoms with Crippen molar-refractivity contribution in [2.24, 2.45) is 0 Å². The number of benzene rings is 2. The topological polar surface area (TPSA) is 33.0 Å². The molecule has 0 bridgehead atoms. The highest BCUT2D eigenvalue weighted by Gasteiger charge is 2.06. The normalized spacial score (nSPS) is 10.0. The van der Waals surface area contributed by atoms with Crippen molar-refractivity contribution in [1.82, 2.24) is 0 Å². The maximum Gasteiger partial charge on any atom is 0.166 e. The smallest absolute Gasteiger partial charge is 0.166 e. The van der Waals surface area contributed by atoms with Crippen LogP contribution in [0.3, 0.4) is 0 Å². The first kappa shape index (κ1) is 13.3. The summed E-state index contributed by atoms with van der Waals surface area (Å²) in [4.78, 5) is 0. The molecule has 0 saturated carbocycles. The third-order valence-corrected chi connectivity index (χ3v) is 2.73. The van der Waals surface area contributed by atoms with Crippen LogP contribution < -0.4 is 4.74 Å². The van der Waals surface area contributed by atoms with E-state index in [1.165, 1.54) is 30.3 Å². The molecule has 0 saturated heterocycles. The number of nitriles is 1. The summed E-state index contributed by atoms with van der Waals surface area (Å²) in [7, 11) is 0. The van der Waals surface area contributed by atoms with Crippen molar-refractivity contribution in [2.75, 3.05) is 0 Å². The van der Waals surface area contributed by atoms with Gasteiger partial charge in [0.15, 0.2) is 11.6 Å².